The Labute approximate surface area is 145 Å². The van der Waals surface area contributed by atoms with E-state index in [4.69, 9.17) is 5.14 Å². The van der Waals surface area contributed by atoms with E-state index in [0.717, 1.165) is 18.4 Å². The number of halogens is 1. The average molecular weight is 363 g/mol. The second kappa shape index (κ2) is 6.81. The van der Waals surface area contributed by atoms with E-state index in [1.54, 1.807) is 11.0 Å². The molecule has 0 atom stereocenters. The van der Waals surface area contributed by atoms with Gasteiger partial charge in [-0.15, -0.1) is 0 Å². The Hall–Kier alpha value is -2.45. The highest BCUT2D eigenvalue weighted by molar-refractivity contribution is 7.89. The lowest BCUT2D eigenvalue weighted by molar-refractivity contribution is -0.115. The third-order valence-corrected chi connectivity index (χ3v) is 4.99. The normalized spacial score (nSPS) is 14.1. The molecule has 0 bridgehead atoms. The van der Waals surface area contributed by atoms with Crippen molar-refractivity contribution < 1.29 is 17.6 Å². The molecule has 2 aromatic rings. The minimum absolute atomic E-state index is 0.0187. The van der Waals surface area contributed by atoms with Crippen LogP contribution in [0, 0.1) is 5.82 Å². The Morgan fingerprint density at radius 1 is 1.20 bits per heavy atom. The fourth-order valence-corrected chi connectivity index (χ4v) is 3.46. The van der Waals surface area contributed by atoms with Crippen LogP contribution in [0.4, 0.5) is 15.8 Å². The van der Waals surface area contributed by atoms with E-state index in [0.29, 0.717) is 17.9 Å². The van der Waals surface area contributed by atoms with Crippen molar-refractivity contribution in [2.45, 2.75) is 17.7 Å². The summed E-state index contributed by atoms with van der Waals surface area (Å²) in [5.74, 6) is -0.637. The number of nitrogens with zero attached hydrogens (tertiary/aromatic N) is 1. The van der Waals surface area contributed by atoms with Gasteiger partial charge in [-0.3, -0.25) is 4.79 Å². The molecule has 0 fully saturated rings. The van der Waals surface area contributed by atoms with Gasteiger partial charge < -0.3 is 10.2 Å². The molecule has 0 spiro atoms. The van der Waals surface area contributed by atoms with E-state index in [1.807, 2.05) is 6.07 Å². The van der Waals surface area contributed by atoms with Crippen LogP contribution >= 0.6 is 0 Å². The number of nitrogens with one attached hydrogen (secondary N) is 1. The predicted molar refractivity (Wildman–Crippen MR) is 93.4 cm³/mol. The standard InChI is InChI=1S/C17H18FN3O3S/c18-15-5-1-3-12-4-2-10-21(17(12)15)11-16(22)20-13-6-8-14(9-7-13)25(19,23)24/h1,3,5-9H,2,4,10-11H2,(H,20,22)(H2,19,23,24). The Morgan fingerprint density at radius 2 is 1.92 bits per heavy atom. The summed E-state index contributed by atoms with van der Waals surface area (Å²) in [5.41, 5.74) is 1.83. The number of rotatable bonds is 4. The van der Waals surface area contributed by atoms with Crippen LogP contribution in [-0.4, -0.2) is 27.4 Å². The molecular formula is C17H18FN3O3S. The number of hydrogen-bond donors (Lipinski definition) is 2. The van der Waals surface area contributed by atoms with Gasteiger partial charge in [0.2, 0.25) is 15.9 Å². The highest BCUT2D eigenvalue weighted by atomic mass is 32.2. The molecule has 0 radical (unpaired) electrons. The smallest absolute Gasteiger partial charge is 0.243 e. The van der Waals surface area contributed by atoms with E-state index in [2.05, 4.69) is 5.32 Å². The molecule has 1 heterocycles. The molecule has 6 nitrogen and oxygen atoms in total. The van der Waals surface area contributed by atoms with Gasteiger partial charge >= 0.3 is 0 Å². The Kier molecular flexibility index (Phi) is 4.73. The van der Waals surface area contributed by atoms with Crippen molar-refractivity contribution in [1.29, 1.82) is 0 Å². The average Bonchev–Trinajstić information content (AvgIpc) is 2.54. The van der Waals surface area contributed by atoms with Gasteiger partial charge in [-0.2, -0.15) is 0 Å². The number of aryl methyl sites for hydroxylation is 1. The highest BCUT2D eigenvalue weighted by Gasteiger charge is 2.22. The van der Waals surface area contributed by atoms with Crippen molar-refractivity contribution in [3.05, 3.63) is 53.8 Å². The van der Waals surface area contributed by atoms with Gasteiger partial charge in [0.15, 0.2) is 0 Å². The van der Waals surface area contributed by atoms with Crippen molar-refractivity contribution in [3.63, 3.8) is 0 Å². The topological polar surface area (TPSA) is 92.5 Å². The van der Waals surface area contributed by atoms with Gasteiger partial charge in [-0.1, -0.05) is 12.1 Å². The van der Waals surface area contributed by atoms with Gasteiger partial charge in [0, 0.05) is 12.2 Å². The Balaban J connectivity index is 1.70. The zero-order valence-electron chi connectivity index (χ0n) is 13.4. The van der Waals surface area contributed by atoms with Gasteiger partial charge in [-0.05, 0) is 48.7 Å². The lowest BCUT2D eigenvalue weighted by Crippen LogP contribution is -2.37. The molecule has 0 saturated carbocycles. The zero-order valence-corrected chi connectivity index (χ0v) is 14.2. The summed E-state index contributed by atoms with van der Waals surface area (Å²) >= 11 is 0. The molecule has 3 N–H and O–H groups in total. The van der Waals surface area contributed by atoms with Crippen LogP contribution in [0.15, 0.2) is 47.4 Å². The van der Waals surface area contributed by atoms with Crippen LogP contribution in [0.5, 0.6) is 0 Å². The van der Waals surface area contributed by atoms with E-state index < -0.39 is 10.0 Å². The molecule has 2 aromatic carbocycles. The molecule has 0 aromatic heterocycles. The lowest BCUT2D eigenvalue weighted by Gasteiger charge is -2.31. The van der Waals surface area contributed by atoms with Crippen LogP contribution in [0.25, 0.3) is 0 Å². The summed E-state index contributed by atoms with van der Waals surface area (Å²) in [7, 11) is -3.77. The first-order valence-corrected chi connectivity index (χ1v) is 9.34. The molecule has 8 heteroatoms. The number of carbonyl (C=O) groups is 1. The van der Waals surface area contributed by atoms with Crippen molar-refractivity contribution in [2.75, 3.05) is 23.3 Å². The maximum absolute atomic E-state index is 14.1. The zero-order chi connectivity index (χ0) is 18.0. The largest absolute Gasteiger partial charge is 0.360 e. The lowest BCUT2D eigenvalue weighted by atomic mass is 10.0. The number of sulfonamides is 1. The van der Waals surface area contributed by atoms with Gasteiger partial charge in [-0.25, -0.2) is 17.9 Å². The molecule has 3 rings (SSSR count). The molecule has 0 saturated heterocycles. The number of fused-ring (bicyclic) bond motifs is 1. The minimum atomic E-state index is -3.77. The van der Waals surface area contributed by atoms with Crippen LogP contribution in [-0.2, 0) is 21.2 Å². The molecule has 0 unspecified atom stereocenters. The van der Waals surface area contributed by atoms with E-state index in [-0.39, 0.29) is 23.2 Å². The number of nitrogens with two attached hydrogens (primary N) is 1. The SMILES string of the molecule is NS(=O)(=O)c1ccc(NC(=O)CN2CCCc3cccc(F)c32)cc1. The number of primary sulfonamides is 1. The maximum atomic E-state index is 14.1. The van der Waals surface area contributed by atoms with Crippen molar-refractivity contribution in [2.24, 2.45) is 5.14 Å². The number of para-hydroxylation sites is 1. The first kappa shape index (κ1) is 17.4. The summed E-state index contributed by atoms with van der Waals surface area (Å²) in [6.45, 7) is 0.622. The number of benzene rings is 2. The molecule has 1 amide bonds. The number of anilines is 2. The summed E-state index contributed by atoms with van der Waals surface area (Å²) in [5, 5.41) is 7.71. The fraction of sp³-hybridized carbons (Fsp3) is 0.235. The van der Waals surface area contributed by atoms with Gasteiger partial charge in [0.05, 0.1) is 17.1 Å². The quantitative estimate of drug-likeness (QED) is 0.867. The van der Waals surface area contributed by atoms with Crippen molar-refractivity contribution >= 4 is 27.3 Å². The van der Waals surface area contributed by atoms with Crippen molar-refractivity contribution in [1.82, 2.24) is 0 Å². The molecule has 132 valence electrons. The highest BCUT2D eigenvalue weighted by Crippen LogP contribution is 2.29. The third-order valence-electron chi connectivity index (χ3n) is 4.06. The van der Waals surface area contributed by atoms with Gasteiger partial charge in [0.1, 0.15) is 5.82 Å². The van der Waals surface area contributed by atoms with Crippen LogP contribution < -0.4 is 15.4 Å². The predicted octanol–water partition coefficient (Wildman–Crippen LogP) is 1.86. The van der Waals surface area contributed by atoms with E-state index in [9.17, 15) is 17.6 Å². The van der Waals surface area contributed by atoms with Crippen LogP contribution in [0.1, 0.15) is 12.0 Å². The second-order valence-electron chi connectivity index (χ2n) is 5.89. The third kappa shape index (κ3) is 3.97. The maximum Gasteiger partial charge on any atom is 0.243 e. The number of hydrogen-bond acceptors (Lipinski definition) is 4. The summed E-state index contributed by atoms with van der Waals surface area (Å²) in [4.78, 5) is 14.0. The van der Waals surface area contributed by atoms with Gasteiger partial charge in [0.25, 0.3) is 0 Å². The van der Waals surface area contributed by atoms with E-state index >= 15 is 0 Å². The van der Waals surface area contributed by atoms with Crippen LogP contribution in [0.2, 0.25) is 0 Å². The van der Waals surface area contributed by atoms with Crippen LogP contribution in [0.3, 0.4) is 0 Å². The number of amides is 1. The summed E-state index contributed by atoms with van der Waals surface area (Å²) < 4.78 is 36.6. The fourth-order valence-electron chi connectivity index (χ4n) is 2.95. The van der Waals surface area contributed by atoms with E-state index in [1.165, 1.54) is 30.3 Å². The molecule has 25 heavy (non-hydrogen) atoms. The Morgan fingerprint density at radius 3 is 2.60 bits per heavy atom. The minimum Gasteiger partial charge on any atom is -0.360 e. The molecule has 1 aliphatic rings. The molecular weight excluding hydrogens is 345 g/mol. The summed E-state index contributed by atoms with van der Waals surface area (Å²) in [6.07, 6.45) is 1.65. The Bertz CT molecular complexity index is 898. The summed E-state index contributed by atoms with van der Waals surface area (Å²) in [6, 6.07) is 10.5. The monoisotopic (exact) mass is 363 g/mol. The number of carbonyl (C=O) groups excluding carboxylic acids is 1. The first-order valence-electron chi connectivity index (χ1n) is 7.79. The first-order chi connectivity index (χ1) is 11.8. The molecule has 0 aliphatic carbocycles. The second-order valence-corrected chi connectivity index (χ2v) is 7.45. The molecule has 1 aliphatic heterocycles. The van der Waals surface area contributed by atoms with Crippen molar-refractivity contribution in [3.8, 4) is 0 Å².